The van der Waals surface area contributed by atoms with Gasteiger partial charge in [-0.3, -0.25) is 9.98 Å². The quantitative estimate of drug-likeness (QED) is 0.690. The Morgan fingerprint density at radius 2 is 1.97 bits per heavy atom. The summed E-state index contributed by atoms with van der Waals surface area (Å²) in [6.45, 7) is 7.65. The molecule has 9 heteroatoms. The molecule has 5 N–H and O–H groups in total. The third kappa shape index (κ3) is 2.96. The highest BCUT2D eigenvalue weighted by atomic mass is 16.5. The van der Waals surface area contributed by atoms with Crippen molar-refractivity contribution < 1.29 is 19.4 Å². The maximum atomic E-state index is 11.3. The van der Waals surface area contributed by atoms with Gasteiger partial charge in [0.1, 0.15) is 18.5 Å². The van der Waals surface area contributed by atoms with E-state index in [9.17, 15) is 9.90 Å². The Hall–Kier alpha value is -2.65. The second-order valence-electron chi connectivity index (χ2n) is 8.59. The minimum Gasteiger partial charge on any atom is -0.505 e. The monoisotopic (exact) mass is 401 g/mol. The molecule has 0 spiro atoms. The molecule has 0 saturated carbocycles. The predicted octanol–water partition coefficient (Wildman–Crippen LogP) is 0.558. The largest absolute Gasteiger partial charge is 0.505 e. The van der Waals surface area contributed by atoms with Gasteiger partial charge in [0.2, 0.25) is 0 Å². The van der Waals surface area contributed by atoms with Gasteiger partial charge in [-0.15, -0.1) is 0 Å². The van der Waals surface area contributed by atoms with Crippen molar-refractivity contribution >= 4 is 17.0 Å². The summed E-state index contributed by atoms with van der Waals surface area (Å²) in [5, 5.41) is 13.2. The molecule has 29 heavy (non-hydrogen) atoms. The van der Waals surface area contributed by atoms with Crippen LogP contribution in [-0.2, 0) is 22.6 Å². The van der Waals surface area contributed by atoms with Crippen LogP contribution in [0.25, 0.3) is 10.9 Å². The van der Waals surface area contributed by atoms with Crippen molar-refractivity contribution in [2.24, 2.45) is 26.9 Å². The Labute approximate surface area is 168 Å². The lowest BCUT2D eigenvalue weighted by molar-refractivity contribution is 0.0878. The normalized spacial score (nSPS) is 22.4. The van der Waals surface area contributed by atoms with Crippen LogP contribution in [-0.4, -0.2) is 42.0 Å². The summed E-state index contributed by atoms with van der Waals surface area (Å²) in [7, 11) is 1.59. The van der Waals surface area contributed by atoms with E-state index < -0.39 is 12.2 Å². The molecule has 3 heterocycles. The van der Waals surface area contributed by atoms with E-state index in [4.69, 9.17) is 30.9 Å². The number of ether oxygens (including phenoxy) is 2. The van der Waals surface area contributed by atoms with Gasteiger partial charge >= 0.3 is 6.09 Å². The van der Waals surface area contributed by atoms with E-state index >= 15 is 0 Å². The van der Waals surface area contributed by atoms with Crippen molar-refractivity contribution in [2.45, 2.75) is 46.1 Å². The van der Waals surface area contributed by atoms with Crippen LogP contribution in [0.5, 0.6) is 5.75 Å². The van der Waals surface area contributed by atoms with Gasteiger partial charge in [-0.05, 0) is 6.92 Å². The van der Waals surface area contributed by atoms with Gasteiger partial charge < -0.3 is 30.6 Å². The van der Waals surface area contributed by atoms with Crippen LogP contribution in [0.3, 0.4) is 0 Å². The van der Waals surface area contributed by atoms with Gasteiger partial charge in [-0.2, -0.15) is 0 Å². The number of carbonyl (C=O) groups is 1. The standard InChI is InChI=1S/C20H27N5O4/c1-9-13-14(24-8-20(2,3)7-23-13)12-10(6-29-19(22)27)15-18(28-4)11(21)5-25(15)16(12)17(9)26/h11,18,26H,5-8,21H2,1-4H3,(H2,22,27)/t11-,18+/m0/s1. The number of benzene rings is 1. The number of phenolic OH excluding ortho intramolecular Hbond substituents is 1. The Balaban J connectivity index is 2.14. The van der Waals surface area contributed by atoms with E-state index in [0.29, 0.717) is 47.0 Å². The molecule has 2 aliphatic rings. The number of nitrogens with zero attached hydrogens (tertiary/aromatic N) is 3. The van der Waals surface area contributed by atoms with Gasteiger partial charge in [-0.25, -0.2) is 4.79 Å². The minimum atomic E-state index is -0.875. The summed E-state index contributed by atoms with van der Waals surface area (Å²) in [5.41, 5.74) is 14.2. The van der Waals surface area contributed by atoms with Crippen molar-refractivity contribution in [3.05, 3.63) is 27.5 Å². The number of aromatic nitrogens is 1. The third-order valence-corrected chi connectivity index (χ3v) is 5.80. The maximum absolute atomic E-state index is 11.3. The third-order valence-electron chi connectivity index (χ3n) is 5.80. The van der Waals surface area contributed by atoms with E-state index in [1.54, 1.807) is 7.11 Å². The van der Waals surface area contributed by atoms with E-state index in [-0.39, 0.29) is 23.8 Å². The van der Waals surface area contributed by atoms with Crippen LogP contribution >= 0.6 is 0 Å². The average Bonchev–Trinajstić information content (AvgIpc) is 3.06. The number of rotatable bonds is 3. The van der Waals surface area contributed by atoms with Crippen molar-refractivity contribution in [1.82, 2.24) is 4.57 Å². The van der Waals surface area contributed by atoms with Crippen molar-refractivity contribution in [2.75, 3.05) is 20.2 Å². The topological polar surface area (TPSA) is 137 Å². The van der Waals surface area contributed by atoms with E-state index in [1.807, 2.05) is 11.5 Å². The van der Waals surface area contributed by atoms with Gasteiger partial charge in [0.25, 0.3) is 0 Å². The van der Waals surface area contributed by atoms with Crippen LogP contribution in [0.4, 0.5) is 4.79 Å². The van der Waals surface area contributed by atoms with Crippen LogP contribution in [0.15, 0.2) is 9.98 Å². The molecule has 1 amide bonds. The lowest BCUT2D eigenvalue weighted by Gasteiger charge is -2.17. The number of hydrogen-bond donors (Lipinski definition) is 3. The second-order valence-corrected chi connectivity index (χ2v) is 8.59. The molecule has 0 unspecified atom stereocenters. The molecule has 2 atom stereocenters. The van der Waals surface area contributed by atoms with Crippen molar-refractivity contribution in [1.29, 1.82) is 0 Å². The number of methoxy groups -OCH3 is 1. The summed E-state index contributed by atoms with van der Waals surface area (Å²) in [6, 6.07) is -0.286. The highest BCUT2D eigenvalue weighted by molar-refractivity contribution is 5.91. The van der Waals surface area contributed by atoms with Crippen LogP contribution in [0.2, 0.25) is 0 Å². The van der Waals surface area contributed by atoms with Crippen LogP contribution in [0.1, 0.15) is 36.8 Å². The number of nitrogens with two attached hydrogens (primary N) is 2. The first-order valence-electron chi connectivity index (χ1n) is 9.62. The number of fused-ring (bicyclic) bond motifs is 5. The fourth-order valence-corrected chi connectivity index (χ4v) is 4.36. The molecule has 2 aromatic rings. The minimum absolute atomic E-state index is 0.0609. The first-order chi connectivity index (χ1) is 13.7. The average molecular weight is 401 g/mol. The smallest absolute Gasteiger partial charge is 0.404 e. The molecule has 1 aromatic carbocycles. The number of carbonyl (C=O) groups excluding carboxylic acids is 1. The summed E-state index contributed by atoms with van der Waals surface area (Å²) in [6.07, 6.45) is -1.28. The molecule has 9 nitrogen and oxygen atoms in total. The van der Waals surface area contributed by atoms with Crippen LogP contribution in [0, 0.1) is 12.3 Å². The molecule has 156 valence electrons. The Kier molecular flexibility index (Phi) is 4.54. The molecule has 0 saturated heterocycles. The lowest BCUT2D eigenvalue weighted by atomic mass is 9.94. The summed E-state index contributed by atoms with van der Waals surface area (Å²) in [4.78, 5) is 21.0. The Bertz CT molecular complexity index is 1130. The number of primary amides is 1. The highest BCUT2D eigenvalue weighted by Gasteiger charge is 2.38. The molecule has 0 aliphatic carbocycles. The van der Waals surface area contributed by atoms with Crippen molar-refractivity contribution in [3.8, 4) is 5.75 Å². The molecule has 2 aliphatic heterocycles. The fraction of sp³-hybridized carbons (Fsp3) is 0.550. The first kappa shape index (κ1) is 19.7. The number of hydrogen-bond acceptors (Lipinski definition) is 7. The van der Waals surface area contributed by atoms with Gasteiger partial charge in [0.15, 0.2) is 0 Å². The Morgan fingerprint density at radius 3 is 2.59 bits per heavy atom. The first-order valence-corrected chi connectivity index (χ1v) is 9.62. The van der Waals surface area contributed by atoms with Gasteiger partial charge in [0.05, 0.1) is 28.0 Å². The number of amides is 1. The molecular weight excluding hydrogens is 374 g/mol. The molecule has 0 fully saturated rings. The zero-order valence-electron chi connectivity index (χ0n) is 17.2. The SMILES string of the molecule is CO[C@H]1c2c(COC(N)=O)c3c4c(c(C)c(O)c3n2C[C@@H]1N)=NCC(C)(C)CN=4. The maximum Gasteiger partial charge on any atom is 0.404 e. The predicted molar refractivity (Wildman–Crippen MR) is 106 cm³/mol. The van der Waals surface area contributed by atoms with Gasteiger partial charge in [0, 0.05) is 48.7 Å². The number of aromatic hydroxyl groups is 1. The van der Waals surface area contributed by atoms with E-state index in [1.165, 1.54) is 0 Å². The fourth-order valence-electron chi connectivity index (χ4n) is 4.36. The second kappa shape index (κ2) is 6.70. The van der Waals surface area contributed by atoms with Gasteiger partial charge in [-0.1, -0.05) is 13.8 Å². The number of phenols is 1. The molecule has 1 aromatic heterocycles. The zero-order valence-corrected chi connectivity index (χ0v) is 17.2. The molecule has 4 rings (SSSR count). The summed E-state index contributed by atoms with van der Waals surface area (Å²) >= 11 is 0. The summed E-state index contributed by atoms with van der Waals surface area (Å²) < 4.78 is 12.7. The lowest BCUT2D eigenvalue weighted by Crippen LogP contribution is -2.31. The molecular formula is C20H27N5O4. The molecule has 0 bridgehead atoms. The highest BCUT2D eigenvalue weighted by Crippen LogP contribution is 2.41. The van der Waals surface area contributed by atoms with E-state index in [0.717, 1.165) is 11.1 Å². The van der Waals surface area contributed by atoms with E-state index in [2.05, 4.69) is 13.8 Å². The summed E-state index contributed by atoms with van der Waals surface area (Å²) in [5.74, 6) is 0.132. The van der Waals surface area contributed by atoms with Crippen molar-refractivity contribution in [3.63, 3.8) is 0 Å². The zero-order chi connectivity index (χ0) is 21.1. The molecule has 0 radical (unpaired) electrons. The van der Waals surface area contributed by atoms with Crippen LogP contribution < -0.4 is 22.2 Å². The Morgan fingerprint density at radius 1 is 1.31 bits per heavy atom.